The van der Waals surface area contributed by atoms with E-state index >= 15 is 0 Å². The van der Waals surface area contributed by atoms with Gasteiger partial charge in [-0.25, -0.2) is 0 Å². The van der Waals surface area contributed by atoms with Gasteiger partial charge in [-0.05, 0) is 38.8 Å². The van der Waals surface area contributed by atoms with Gasteiger partial charge in [0.2, 0.25) is 5.91 Å². The Hall–Kier alpha value is -2.56. The molecule has 0 atom stereocenters. The highest BCUT2D eigenvalue weighted by Crippen LogP contribution is 2.16. The highest BCUT2D eigenvalue weighted by atomic mass is 16.3. The smallest absolute Gasteiger partial charge is 0.257 e. The lowest BCUT2D eigenvalue weighted by Gasteiger charge is -2.20. The lowest BCUT2D eigenvalue weighted by molar-refractivity contribution is -0.121. The summed E-state index contributed by atoms with van der Waals surface area (Å²) in [5.74, 6) is 1.21. The first-order valence-corrected chi connectivity index (χ1v) is 8.68. The lowest BCUT2D eigenvalue weighted by atomic mass is 10.1. The second-order valence-corrected chi connectivity index (χ2v) is 6.05. The lowest BCUT2D eigenvalue weighted by Crippen LogP contribution is -2.35. The molecule has 0 radical (unpaired) electrons. The van der Waals surface area contributed by atoms with Gasteiger partial charge in [0.25, 0.3) is 5.91 Å². The molecule has 0 aliphatic carbocycles. The molecular formula is C20H26N2O3. The number of aryl methyl sites for hydroxylation is 2. The molecule has 0 unspecified atom stereocenters. The van der Waals surface area contributed by atoms with Crippen LogP contribution in [0.4, 0.5) is 0 Å². The molecule has 1 heterocycles. The van der Waals surface area contributed by atoms with Crippen LogP contribution in [0.3, 0.4) is 0 Å². The molecule has 0 aliphatic heterocycles. The Morgan fingerprint density at radius 3 is 2.48 bits per heavy atom. The summed E-state index contributed by atoms with van der Waals surface area (Å²) >= 11 is 0. The van der Waals surface area contributed by atoms with Crippen molar-refractivity contribution in [1.82, 2.24) is 10.2 Å². The predicted molar refractivity (Wildman–Crippen MR) is 97.5 cm³/mol. The number of benzene rings is 1. The van der Waals surface area contributed by atoms with E-state index in [1.54, 1.807) is 17.9 Å². The largest absolute Gasteiger partial charge is 0.466 e. The van der Waals surface area contributed by atoms with Crippen LogP contribution in [0.15, 0.2) is 40.8 Å². The first-order chi connectivity index (χ1) is 12.0. The summed E-state index contributed by atoms with van der Waals surface area (Å²) in [6.07, 6.45) is 1.10. The minimum atomic E-state index is -0.0889. The number of carbonyl (C=O) groups is 2. The number of hydrogen-bond donors (Lipinski definition) is 1. The standard InChI is InChI=1S/C20H26N2O3/c1-4-22(20(24)18-14-15(2)25-16(18)3)13-11-19(23)21-12-10-17-8-6-5-7-9-17/h5-9,14H,4,10-13H2,1-3H3,(H,21,23). The molecule has 0 spiro atoms. The monoisotopic (exact) mass is 342 g/mol. The van der Waals surface area contributed by atoms with Gasteiger partial charge in [-0.2, -0.15) is 0 Å². The summed E-state index contributed by atoms with van der Waals surface area (Å²) in [6, 6.07) is 11.8. The Morgan fingerprint density at radius 1 is 1.16 bits per heavy atom. The van der Waals surface area contributed by atoms with Crippen molar-refractivity contribution in [1.29, 1.82) is 0 Å². The zero-order valence-electron chi connectivity index (χ0n) is 15.2. The Balaban J connectivity index is 1.78. The minimum Gasteiger partial charge on any atom is -0.466 e. The number of nitrogens with one attached hydrogen (secondary N) is 1. The van der Waals surface area contributed by atoms with E-state index in [1.807, 2.05) is 44.2 Å². The van der Waals surface area contributed by atoms with Crippen molar-refractivity contribution in [2.75, 3.05) is 19.6 Å². The van der Waals surface area contributed by atoms with Crippen molar-refractivity contribution in [3.8, 4) is 0 Å². The minimum absolute atomic E-state index is 0.0396. The maximum atomic E-state index is 12.6. The van der Waals surface area contributed by atoms with E-state index in [-0.39, 0.29) is 11.8 Å². The van der Waals surface area contributed by atoms with Crippen LogP contribution in [0.1, 0.15) is 40.8 Å². The first kappa shape index (κ1) is 18.8. The van der Waals surface area contributed by atoms with Gasteiger partial charge < -0.3 is 14.6 Å². The SMILES string of the molecule is CCN(CCC(=O)NCCc1ccccc1)C(=O)c1cc(C)oc1C. The van der Waals surface area contributed by atoms with Gasteiger partial charge in [0.1, 0.15) is 11.5 Å². The average molecular weight is 342 g/mol. The number of nitrogens with zero attached hydrogens (tertiary/aromatic N) is 1. The van der Waals surface area contributed by atoms with Gasteiger partial charge in [-0.15, -0.1) is 0 Å². The van der Waals surface area contributed by atoms with Crippen molar-refractivity contribution in [2.24, 2.45) is 0 Å². The van der Waals surface area contributed by atoms with Crippen LogP contribution in [0.5, 0.6) is 0 Å². The van der Waals surface area contributed by atoms with E-state index in [0.717, 1.165) is 12.2 Å². The van der Waals surface area contributed by atoms with Crippen LogP contribution in [0.25, 0.3) is 0 Å². The maximum absolute atomic E-state index is 12.6. The van der Waals surface area contributed by atoms with Gasteiger partial charge in [0, 0.05) is 26.1 Å². The normalized spacial score (nSPS) is 10.5. The zero-order chi connectivity index (χ0) is 18.2. The van der Waals surface area contributed by atoms with E-state index in [9.17, 15) is 9.59 Å². The third-order valence-corrected chi connectivity index (χ3v) is 4.13. The maximum Gasteiger partial charge on any atom is 0.257 e. The second-order valence-electron chi connectivity index (χ2n) is 6.05. The van der Waals surface area contributed by atoms with Crippen molar-refractivity contribution in [2.45, 2.75) is 33.6 Å². The molecule has 0 saturated heterocycles. The molecule has 0 aliphatic rings. The average Bonchev–Trinajstić information content (AvgIpc) is 2.94. The molecule has 1 N–H and O–H groups in total. The number of furan rings is 1. The van der Waals surface area contributed by atoms with Crippen LogP contribution < -0.4 is 5.32 Å². The van der Waals surface area contributed by atoms with Gasteiger partial charge in [-0.3, -0.25) is 9.59 Å². The third-order valence-electron chi connectivity index (χ3n) is 4.13. The molecule has 2 amide bonds. The van der Waals surface area contributed by atoms with E-state index in [4.69, 9.17) is 4.42 Å². The molecule has 1 aromatic carbocycles. The fourth-order valence-corrected chi connectivity index (χ4v) is 2.73. The molecule has 5 nitrogen and oxygen atoms in total. The first-order valence-electron chi connectivity index (χ1n) is 8.68. The Bertz CT molecular complexity index is 707. The molecule has 2 rings (SSSR count). The van der Waals surface area contributed by atoms with Gasteiger partial charge in [0.15, 0.2) is 0 Å². The van der Waals surface area contributed by atoms with Gasteiger partial charge in [-0.1, -0.05) is 30.3 Å². The molecule has 134 valence electrons. The molecule has 0 saturated carbocycles. The fraction of sp³-hybridized carbons (Fsp3) is 0.400. The van der Waals surface area contributed by atoms with Crippen molar-refractivity contribution >= 4 is 11.8 Å². The summed E-state index contributed by atoms with van der Waals surface area (Å²) in [5.41, 5.74) is 1.77. The summed E-state index contributed by atoms with van der Waals surface area (Å²) in [5, 5.41) is 2.91. The highest BCUT2D eigenvalue weighted by Gasteiger charge is 2.19. The van der Waals surface area contributed by atoms with Gasteiger partial charge in [0.05, 0.1) is 5.56 Å². The topological polar surface area (TPSA) is 62.6 Å². The molecule has 5 heteroatoms. The zero-order valence-corrected chi connectivity index (χ0v) is 15.2. The number of hydrogen-bond acceptors (Lipinski definition) is 3. The van der Waals surface area contributed by atoms with Crippen molar-refractivity contribution in [3.63, 3.8) is 0 Å². The quantitative estimate of drug-likeness (QED) is 0.802. The Morgan fingerprint density at radius 2 is 1.88 bits per heavy atom. The molecule has 1 aromatic heterocycles. The fourth-order valence-electron chi connectivity index (χ4n) is 2.73. The molecule has 0 fully saturated rings. The van der Waals surface area contributed by atoms with Crippen molar-refractivity contribution < 1.29 is 14.0 Å². The Kier molecular flexibility index (Phi) is 6.81. The van der Waals surface area contributed by atoms with Crippen molar-refractivity contribution in [3.05, 3.63) is 59.0 Å². The third kappa shape index (κ3) is 5.48. The predicted octanol–water partition coefficient (Wildman–Crippen LogP) is 3.11. The molecule has 0 bridgehead atoms. The van der Waals surface area contributed by atoms with Gasteiger partial charge >= 0.3 is 0 Å². The second kappa shape index (κ2) is 9.06. The van der Waals surface area contributed by atoms with E-state index < -0.39 is 0 Å². The number of amides is 2. The Labute approximate surface area is 149 Å². The molecule has 2 aromatic rings. The highest BCUT2D eigenvalue weighted by molar-refractivity contribution is 5.95. The number of rotatable bonds is 8. The van der Waals surface area contributed by atoms with Crippen LogP contribution in [0, 0.1) is 13.8 Å². The summed E-state index contributed by atoms with van der Waals surface area (Å²) in [6.45, 7) is 7.07. The van der Waals surface area contributed by atoms with Crippen LogP contribution >= 0.6 is 0 Å². The van der Waals surface area contributed by atoms with E-state index in [1.165, 1.54) is 5.56 Å². The summed E-state index contributed by atoms with van der Waals surface area (Å²) < 4.78 is 5.42. The van der Waals surface area contributed by atoms with E-state index in [0.29, 0.717) is 37.4 Å². The van der Waals surface area contributed by atoms with Crippen LogP contribution in [0.2, 0.25) is 0 Å². The van der Waals surface area contributed by atoms with E-state index in [2.05, 4.69) is 5.32 Å². The molecule has 25 heavy (non-hydrogen) atoms. The summed E-state index contributed by atoms with van der Waals surface area (Å²) in [4.78, 5) is 26.2. The summed E-state index contributed by atoms with van der Waals surface area (Å²) in [7, 11) is 0. The number of carbonyl (C=O) groups excluding carboxylic acids is 2. The van der Waals surface area contributed by atoms with Crippen LogP contribution in [-0.2, 0) is 11.2 Å². The van der Waals surface area contributed by atoms with Crippen LogP contribution in [-0.4, -0.2) is 36.3 Å². The molecular weight excluding hydrogens is 316 g/mol.